The number of rotatable bonds is 7. The smallest absolute Gasteiger partial charge is 0.118 e. The number of hydrogen-bond donors (Lipinski definition) is 0. The second-order valence-corrected chi connectivity index (χ2v) is 5.48. The molecule has 0 fully saturated rings. The lowest BCUT2D eigenvalue weighted by atomic mass is 9.98. The van der Waals surface area contributed by atoms with Crippen molar-refractivity contribution in [3.63, 3.8) is 0 Å². The van der Waals surface area contributed by atoms with Crippen molar-refractivity contribution in [1.29, 1.82) is 0 Å². The number of ether oxygens (including phenoxy) is 1. The third-order valence-electron chi connectivity index (χ3n) is 3.73. The number of hydrogen-bond acceptors (Lipinski definition) is 1. The fourth-order valence-electron chi connectivity index (χ4n) is 2.52. The molecule has 0 bridgehead atoms. The minimum Gasteiger partial charge on any atom is -0.497 e. The van der Waals surface area contributed by atoms with Crippen LogP contribution >= 0.6 is 0 Å². The average Bonchev–Trinajstić information content (AvgIpc) is 2.54. The van der Waals surface area contributed by atoms with E-state index in [2.05, 4.69) is 56.0 Å². The van der Waals surface area contributed by atoms with E-state index in [4.69, 9.17) is 4.74 Å². The summed E-state index contributed by atoms with van der Waals surface area (Å²) in [4.78, 5) is 0. The lowest BCUT2D eigenvalue weighted by Gasteiger charge is -2.08. The van der Waals surface area contributed by atoms with E-state index in [1.165, 1.54) is 22.3 Å². The maximum absolute atomic E-state index is 5.17. The van der Waals surface area contributed by atoms with Crippen LogP contribution in [0.2, 0.25) is 0 Å². The Morgan fingerprint density at radius 2 is 1.82 bits per heavy atom. The Morgan fingerprint density at radius 3 is 2.50 bits per heavy atom. The molecule has 0 amide bonds. The monoisotopic (exact) mass is 292 g/mol. The summed E-state index contributed by atoms with van der Waals surface area (Å²) < 4.78 is 5.17. The van der Waals surface area contributed by atoms with E-state index in [9.17, 15) is 0 Å². The standard InChI is InChI=1S/C21H24O/c1-4-7-20-16-17(2)10-13-19(20)9-6-5-8-18-11-14-21(22-3)15-12-18/h4-5,8,10-16H,1,6-7,9H2,2-3H3. The van der Waals surface area contributed by atoms with Gasteiger partial charge in [-0.15, -0.1) is 6.58 Å². The van der Waals surface area contributed by atoms with Crippen LogP contribution in [0.15, 0.2) is 61.2 Å². The Kier molecular flexibility index (Phi) is 6.02. The van der Waals surface area contributed by atoms with Gasteiger partial charge < -0.3 is 4.74 Å². The summed E-state index contributed by atoms with van der Waals surface area (Å²) in [5.74, 6) is 0.894. The normalized spacial score (nSPS) is 10.8. The van der Waals surface area contributed by atoms with Gasteiger partial charge in [-0.25, -0.2) is 0 Å². The summed E-state index contributed by atoms with van der Waals surface area (Å²) in [6.45, 7) is 5.99. The van der Waals surface area contributed by atoms with Crippen molar-refractivity contribution in [2.45, 2.75) is 26.2 Å². The van der Waals surface area contributed by atoms with E-state index < -0.39 is 0 Å². The first-order valence-corrected chi connectivity index (χ1v) is 7.73. The van der Waals surface area contributed by atoms with Crippen LogP contribution in [-0.2, 0) is 12.8 Å². The molecular weight excluding hydrogens is 268 g/mol. The quantitative estimate of drug-likeness (QED) is 0.623. The van der Waals surface area contributed by atoms with Gasteiger partial charge in [0.15, 0.2) is 0 Å². The summed E-state index contributed by atoms with van der Waals surface area (Å²) >= 11 is 0. The summed E-state index contributed by atoms with van der Waals surface area (Å²) in [6.07, 6.45) is 9.43. The number of benzene rings is 2. The number of allylic oxidation sites excluding steroid dienone is 2. The average molecular weight is 292 g/mol. The molecule has 0 saturated heterocycles. The molecule has 0 N–H and O–H groups in total. The molecule has 0 aromatic heterocycles. The fraction of sp³-hybridized carbons (Fsp3) is 0.238. The van der Waals surface area contributed by atoms with Crippen LogP contribution in [0.4, 0.5) is 0 Å². The predicted octanol–water partition coefficient (Wildman–Crippen LogP) is 5.38. The van der Waals surface area contributed by atoms with Crippen molar-refractivity contribution >= 4 is 6.08 Å². The first-order chi connectivity index (χ1) is 10.7. The Balaban J connectivity index is 1.95. The van der Waals surface area contributed by atoms with Crippen molar-refractivity contribution < 1.29 is 4.74 Å². The van der Waals surface area contributed by atoms with E-state index in [0.717, 1.165) is 25.0 Å². The van der Waals surface area contributed by atoms with Crippen molar-refractivity contribution in [1.82, 2.24) is 0 Å². The molecule has 0 radical (unpaired) electrons. The highest BCUT2D eigenvalue weighted by Crippen LogP contribution is 2.16. The van der Waals surface area contributed by atoms with Crippen molar-refractivity contribution in [2.75, 3.05) is 7.11 Å². The van der Waals surface area contributed by atoms with Crippen LogP contribution in [0, 0.1) is 6.92 Å². The molecule has 0 aliphatic carbocycles. The van der Waals surface area contributed by atoms with Crippen LogP contribution in [-0.4, -0.2) is 7.11 Å². The fourth-order valence-corrected chi connectivity index (χ4v) is 2.52. The highest BCUT2D eigenvalue weighted by molar-refractivity contribution is 5.50. The molecule has 2 aromatic rings. The minimum absolute atomic E-state index is 0.894. The molecule has 0 spiro atoms. The molecular formula is C21H24O. The maximum Gasteiger partial charge on any atom is 0.118 e. The van der Waals surface area contributed by atoms with Crippen LogP contribution in [0.3, 0.4) is 0 Å². The van der Waals surface area contributed by atoms with Crippen LogP contribution in [0.5, 0.6) is 5.75 Å². The van der Waals surface area contributed by atoms with Gasteiger partial charge in [-0.3, -0.25) is 0 Å². The Hall–Kier alpha value is -2.28. The molecule has 2 aromatic carbocycles. The third kappa shape index (κ3) is 4.63. The van der Waals surface area contributed by atoms with Gasteiger partial charge in [-0.05, 0) is 55.0 Å². The third-order valence-corrected chi connectivity index (χ3v) is 3.73. The highest BCUT2D eigenvalue weighted by Gasteiger charge is 2.00. The molecule has 0 aliphatic heterocycles. The number of methoxy groups -OCH3 is 1. The largest absolute Gasteiger partial charge is 0.497 e. The van der Waals surface area contributed by atoms with Gasteiger partial charge in [0, 0.05) is 0 Å². The Morgan fingerprint density at radius 1 is 1.05 bits per heavy atom. The van der Waals surface area contributed by atoms with Gasteiger partial charge in [0.05, 0.1) is 7.11 Å². The van der Waals surface area contributed by atoms with Gasteiger partial charge in [0.2, 0.25) is 0 Å². The topological polar surface area (TPSA) is 9.23 Å². The van der Waals surface area contributed by atoms with Gasteiger partial charge in [0.1, 0.15) is 5.75 Å². The lowest BCUT2D eigenvalue weighted by Crippen LogP contribution is -1.93. The number of aryl methyl sites for hydroxylation is 2. The molecule has 1 nitrogen and oxygen atoms in total. The molecule has 0 atom stereocenters. The SMILES string of the molecule is C=CCc1cc(C)ccc1CCC=Cc1ccc(OC)cc1. The van der Waals surface area contributed by atoms with E-state index >= 15 is 0 Å². The zero-order valence-electron chi connectivity index (χ0n) is 13.5. The maximum atomic E-state index is 5.17. The molecule has 22 heavy (non-hydrogen) atoms. The van der Waals surface area contributed by atoms with Gasteiger partial charge in [0.25, 0.3) is 0 Å². The van der Waals surface area contributed by atoms with Crippen molar-refractivity contribution in [3.05, 3.63) is 83.4 Å². The van der Waals surface area contributed by atoms with Crippen molar-refractivity contribution in [3.8, 4) is 5.75 Å². The Bertz CT molecular complexity index is 635. The van der Waals surface area contributed by atoms with E-state index in [1.54, 1.807) is 7.11 Å². The second-order valence-electron chi connectivity index (χ2n) is 5.48. The van der Waals surface area contributed by atoms with Gasteiger partial charge in [-0.2, -0.15) is 0 Å². The van der Waals surface area contributed by atoms with Crippen molar-refractivity contribution in [2.24, 2.45) is 0 Å². The van der Waals surface area contributed by atoms with Crippen LogP contribution in [0.1, 0.15) is 28.7 Å². The molecule has 0 aliphatic rings. The molecule has 0 saturated carbocycles. The first-order valence-electron chi connectivity index (χ1n) is 7.73. The zero-order valence-corrected chi connectivity index (χ0v) is 13.5. The molecule has 1 heteroatoms. The molecule has 114 valence electrons. The van der Waals surface area contributed by atoms with Crippen LogP contribution < -0.4 is 4.74 Å². The lowest BCUT2D eigenvalue weighted by molar-refractivity contribution is 0.415. The predicted molar refractivity (Wildman–Crippen MR) is 95.4 cm³/mol. The molecule has 0 heterocycles. The van der Waals surface area contributed by atoms with E-state index in [1.807, 2.05) is 18.2 Å². The summed E-state index contributed by atoms with van der Waals surface area (Å²) in [7, 11) is 1.69. The Labute approximate surface area is 134 Å². The second kappa shape index (κ2) is 8.23. The zero-order chi connectivity index (χ0) is 15.8. The van der Waals surface area contributed by atoms with Crippen LogP contribution in [0.25, 0.3) is 6.08 Å². The minimum atomic E-state index is 0.894. The van der Waals surface area contributed by atoms with Gasteiger partial charge in [-0.1, -0.05) is 54.1 Å². The first kappa shape index (κ1) is 16.1. The molecule has 2 rings (SSSR count). The summed E-state index contributed by atoms with van der Waals surface area (Å²) in [6, 6.07) is 14.8. The highest BCUT2D eigenvalue weighted by atomic mass is 16.5. The van der Waals surface area contributed by atoms with E-state index in [-0.39, 0.29) is 0 Å². The van der Waals surface area contributed by atoms with E-state index in [0.29, 0.717) is 0 Å². The summed E-state index contributed by atoms with van der Waals surface area (Å²) in [5.41, 5.74) is 5.34. The summed E-state index contributed by atoms with van der Waals surface area (Å²) in [5, 5.41) is 0. The van der Waals surface area contributed by atoms with Gasteiger partial charge >= 0.3 is 0 Å². The molecule has 0 unspecified atom stereocenters.